The number of benzene rings is 1. The number of rotatable bonds is 1. The second-order valence-corrected chi connectivity index (χ2v) is 3.57. The highest BCUT2D eigenvalue weighted by Crippen LogP contribution is 2.35. The number of halogens is 3. The molecule has 1 amide bonds. The van der Waals surface area contributed by atoms with Crippen molar-refractivity contribution in [3.63, 3.8) is 0 Å². The van der Waals surface area contributed by atoms with Crippen molar-refractivity contribution in [3.05, 3.63) is 23.8 Å². The number of anilines is 2. The molecule has 1 fully saturated rings. The summed E-state index contributed by atoms with van der Waals surface area (Å²) in [6.45, 7) is 0.508. The molecule has 1 aromatic carbocycles. The van der Waals surface area contributed by atoms with Crippen LogP contribution in [0.1, 0.15) is 12.0 Å². The quantitative estimate of drug-likeness (QED) is 0.592. The SMILES string of the molecule is Nc1cc(C(F)(F)F)ccc1N1CCC1=O. The molecule has 16 heavy (non-hydrogen) atoms. The molecule has 0 radical (unpaired) electrons. The molecule has 0 spiro atoms. The summed E-state index contributed by atoms with van der Waals surface area (Å²) in [6, 6.07) is 3.01. The van der Waals surface area contributed by atoms with E-state index in [2.05, 4.69) is 0 Å². The van der Waals surface area contributed by atoms with Crippen LogP contribution in [-0.4, -0.2) is 12.5 Å². The van der Waals surface area contributed by atoms with Crippen LogP contribution in [0.5, 0.6) is 0 Å². The van der Waals surface area contributed by atoms with Crippen molar-refractivity contribution in [3.8, 4) is 0 Å². The van der Waals surface area contributed by atoms with Gasteiger partial charge in [0.05, 0.1) is 16.9 Å². The summed E-state index contributed by atoms with van der Waals surface area (Å²) in [5.74, 6) is -0.119. The molecule has 1 aliphatic rings. The van der Waals surface area contributed by atoms with Crippen molar-refractivity contribution < 1.29 is 18.0 Å². The fourth-order valence-electron chi connectivity index (χ4n) is 1.55. The van der Waals surface area contributed by atoms with Crippen LogP contribution in [0.2, 0.25) is 0 Å². The third-order valence-electron chi connectivity index (χ3n) is 2.50. The first-order valence-electron chi connectivity index (χ1n) is 4.66. The standard InChI is InChI=1S/C10H9F3N2O/c11-10(12,13)6-1-2-8(7(14)5-6)15-4-3-9(15)16/h1-2,5H,3-4,14H2. The van der Waals surface area contributed by atoms with E-state index in [1.807, 2.05) is 0 Å². The molecule has 1 aliphatic heterocycles. The molecule has 0 aliphatic carbocycles. The normalized spacial score (nSPS) is 16.2. The van der Waals surface area contributed by atoms with Crippen molar-refractivity contribution in [2.75, 3.05) is 17.2 Å². The monoisotopic (exact) mass is 230 g/mol. The topological polar surface area (TPSA) is 46.3 Å². The third kappa shape index (κ3) is 1.70. The summed E-state index contributed by atoms with van der Waals surface area (Å²) in [7, 11) is 0. The smallest absolute Gasteiger partial charge is 0.397 e. The summed E-state index contributed by atoms with van der Waals surface area (Å²) in [5.41, 5.74) is 5.02. The molecule has 3 nitrogen and oxygen atoms in total. The Hall–Kier alpha value is -1.72. The van der Waals surface area contributed by atoms with Gasteiger partial charge in [-0.1, -0.05) is 0 Å². The summed E-state index contributed by atoms with van der Waals surface area (Å²) in [6.07, 6.45) is -3.99. The Labute approximate surface area is 89.6 Å². The Balaban J connectivity index is 2.34. The predicted molar refractivity (Wildman–Crippen MR) is 52.8 cm³/mol. The lowest BCUT2D eigenvalue weighted by molar-refractivity contribution is -0.137. The molecule has 1 aromatic rings. The Morgan fingerprint density at radius 3 is 2.38 bits per heavy atom. The largest absolute Gasteiger partial charge is 0.416 e. The lowest BCUT2D eigenvalue weighted by Gasteiger charge is -2.31. The van der Waals surface area contributed by atoms with Crippen LogP contribution in [0, 0.1) is 0 Å². The average Bonchev–Trinajstić information content (AvgIpc) is 2.17. The van der Waals surface area contributed by atoms with Gasteiger partial charge in [-0.25, -0.2) is 0 Å². The molecule has 1 saturated heterocycles. The molecule has 2 rings (SSSR count). The number of carbonyl (C=O) groups is 1. The van der Waals surface area contributed by atoms with Crippen LogP contribution in [0.3, 0.4) is 0 Å². The Morgan fingerprint density at radius 2 is 2.00 bits per heavy atom. The van der Waals surface area contributed by atoms with Gasteiger partial charge in [-0.3, -0.25) is 4.79 Å². The van der Waals surface area contributed by atoms with E-state index >= 15 is 0 Å². The van der Waals surface area contributed by atoms with E-state index in [1.54, 1.807) is 0 Å². The van der Waals surface area contributed by atoms with Crippen LogP contribution in [0.25, 0.3) is 0 Å². The highest BCUT2D eigenvalue weighted by molar-refractivity contribution is 6.01. The van der Waals surface area contributed by atoms with Gasteiger partial charge in [0, 0.05) is 13.0 Å². The second-order valence-electron chi connectivity index (χ2n) is 3.57. The van der Waals surface area contributed by atoms with Gasteiger partial charge >= 0.3 is 6.18 Å². The minimum Gasteiger partial charge on any atom is -0.397 e. The van der Waals surface area contributed by atoms with Crippen LogP contribution in [-0.2, 0) is 11.0 Å². The molecule has 1 heterocycles. The number of carbonyl (C=O) groups excluding carboxylic acids is 1. The number of hydrogen-bond acceptors (Lipinski definition) is 2. The Morgan fingerprint density at radius 1 is 1.31 bits per heavy atom. The van der Waals surface area contributed by atoms with Crippen LogP contribution >= 0.6 is 0 Å². The summed E-state index contributed by atoms with van der Waals surface area (Å²) in [4.78, 5) is 12.5. The van der Waals surface area contributed by atoms with Crippen LogP contribution in [0.4, 0.5) is 24.5 Å². The molecular formula is C10H9F3N2O. The lowest BCUT2D eigenvalue weighted by atomic mass is 10.1. The molecular weight excluding hydrogens is 221 g/mol. The van der Waals surface area contributed by atoms with Gasteiger partial charge in [0.1, 0.15) is 0 Å². The van der Waals surface area contributed by atoms with E-state index in [9.17, 15) is 18.0 Å². The number of nitrogens with zero attached hydrogens (tertiary/aromatic N) is 1. The highest BCUT2D eigenvalue weighted by atomic mass is 19.4. The molecule has 0 saturated carbocycles. The minimum absolute atomic E-state index is 0.0251. The van der Waals surface area contributed by atoms with Gasteiger partial charge in [0.2, 0.25) is 5.91 Å². The maximum atomic E-state index is 12.3. The van der Waals surface area contributed by atoms with E-state index < -0.39 is 11.7 Å². The van der Waals surface area contributed by atoms with Crippen molar-refractivity contribution >= 4 is 17.3 Å². The second kappa shape index (κ2) is 3.40. The molecule has 0 unspecified atom stereocenters. The Kier molecular flexibility index (Phi) is 2.29. The number of alkyl halides is 3. The van der Waals surface area contributed by atoms with Gasteiger partial charge < -0.3 is 10.6 Å². The molecule has 0 aromatic heterocycles. The maximum absolute atomic E-state index is 12.3. The van der Waals surface area contributed by atoms with E-state index in [4.69, 9.17) is 5.73 Å². The number of β-lactam (4-membered cyclic amide) rings is 1. The zero-order valence-electron chi connectivity index (χ0n) is 8.21. The molecule has 6 heteroatoms. The zero-order valence-corrected chi connectivity index (χ0v) is 8.21. The van der Waals surface area contributed by atoms with E-state index in [0.717, 1.165) is 12.1 Å². The number of hydrogen-bond donors (Lipinski definition) is 1. The van der Waals surface area contributed by atoms with Gasteiger partial charge in [0.15, 0.2) is 0 Å². The van der Waals surface area contributed by atoms with Gasteiger partial charge in [-0.05, 0) is 18.2 Å². The number of nitrogens with two attached hydrogens (primary N) is 1. The molecule has 2 N–H and O–H groups in total. The summed E-state index contributed by atoms with van der Waals surface area (Å²) in [5, 5.41) is 0. The van der Waals surface area contributed by atoms with Crippen LogP contribution < -0.4 is 10.6 Å². The van der Waals surface area contributed by atoms with Crippen LogP contribution in [0.15, 0.2) is 18.2 Å². The fourth-order valence-corrected chi connectivity index (χ4v) is 1.55. The molecule has 86 valence electrons. The molecule has 0 atom stereocenters. The number of amides is 1. The van der Waals surface area contributed by atoms with Gasteiger partial charge in [0.25, 0.3) is 0 Å². The zero-order chi connectivity index (χ0) is 11.9. The van der Waals surface area contributed by atoms with Crippen molar-refractivity contribution in [2.45, 2.75) is 12.6 Å². The summed E-state index contributed by atoms with van der Waals surface area (Å²) >= 11 is 0. The molecule has 0 bridgehead atoms. The van der Waals surface area contributed by atoms with Crippen molar-refractivity contribution in [2.24, 2.45) is 0 Å². The fraction of sp³-hybridized carbons (Fsp3) is 0.300. The van der Waals surface area contributed by atoms with E-state index in [-0.39, 0.29) is 11.6 Å². The van der Waals surface area contributed by atoms with Gasteiger partial charge in [-0.2, -0.15) is 13.2 Å². The summed E-state index contributed by atoms with van der Waals surface area (Å²) < 4.78 is 37.0. The van der Waals surface area contributed by atoms with Crippen molar-refractivity contribution in [1.82, 2.24) is 0 Å². The first kappa shape index (κ1) is 10.8. The third-order valence-corrected chi connectivity index (χ3v) is 2.50. The average molecular weight is 230 g/mol. The van der Waals surface area contributed by atoms with E-state index in [0.29, 0.717) is 18.7 Å². The van der Waals surface area contributed by atoms with Gasteiger partial charge in [-0.15, -0.1) is 0 Å². The lowest BCUT2D eigenvalue weighted by Crippen LogP contribution is -2.43. The first-order valence-corrected chi connectivity index (χ1v) is 4.66. The minimum atomic E-state index is -4.41. The first-order chi connectivity index (χ1) is 7.39. The Bertz CT molecular complexity index is 442. The van der Waals surface area contributed by atoms with Crippen molar-refractivity contribution in [1.29, 1.82) is 0 Å². The number of nitrogen functional groups attached to an aromatic ring is 1. The predicted octanol–water partition coefficient (Wildman–Crippen LogP) is 2.02. The van der Waals surface area contributed by atoms with E-state index in [1.165, 1.54) is 11.0 Å². The maximum Gasteiger partial charge on any atom is 0.416 e. The highest BCUT2D eigenvalue weighted by Gasteiger charge is 2.32.